The standard InChI is InChI=1S/C18H19Cl2N3O3S/c19-16-7-6-15(12-17(16)20)27(25,26)23-10-8-22(9-11-23)13-18(24)21-14-4-2-1-3-5-14/h1-7,12H,8-11,13H2,(H,21,24). The van der Waals surface area contributed by atoms with Gasteiger partial charge in [-0.1, -0.05) is 41.4 Å². The van der Waals surface area contributed by atoms with E-state index in [2.05, 4.69) is 5.32 Å². The third-order valence-corrected chi connectivity index (χ3v) is 6.92. The normalized spacial score (nSPS) is 16.2. The maximum atomic E-state index is 12.7. The number of anilines is 1. The topological polar surface area (TPSA) is 69.7 Å². The van der Waals surface area contributed by atoms with Gasteiger partial charge in [-0.05, 0) is 30.3 Å². The predicted octanol–water partition coefficient (Wildman–Crippen LogP) is 2.94. The molecule has 0 unspecified atom stereocenters. The SMILES string of the molecule is O=C(CN1CCN(S(=O)(=O)c2ccc(Cl)c(Cl)c2)CC1)Nc1ccccc1. The summed E-state index contributed by atoms with van der Waals surface area (Å²) in [6.07, 6.45) is 0. The van der Waals surface area contributed by atoms with Gasteiger partial charge in [0.15, 0.2) is 0 Å². The smallest absolute Gasteiger partial charge is 0.243 e. The van der Waals surface area contributed by atoms with E-state index in [9.17, 15) is 13.2 Å². The Labute approximate surface area is 168 Å². The van der Waals surface area contributed by atoms with Gasteiger partial charge in [0.05, 0.1) is 21.5 Å². The van der Waals surface area contributed by atoms with Gasteiger partial charge in [-0.25, -0.2) is 8.42 Å². The molecule has 1 fully saturated rings. The second kappa shape index (κ2) is 8.58. The van der Waals surface area contributed by atoms with Gasteiger partial charge in [0.1, 0.15) is 0 Å². The van der Waals surface area contributed by atoms with E-state index in [0.717, 1.165) is 5.69 Å². The second-order valence-electron chi connectivity index (χ2n) is 6.17. The molecular formula is C18H19Cl2N3O3S. The van der Waals surface area contributed by atoms with Crippen LogP contribution in [0.2, 0.25) is 10.0 Å². The summed E-state index contributed by atoms with van der Waals surface area (Å²) in [7, 11) is -3.64. The van der Waals surface area contributed by atoms with Crippen LogP contribution in [0, 0.1) is 0 Å². The Hall–Kier alpha value is -1.64. The van der Waals surface area contributed by atoms with E-state index in [-0.39, 0.29) is 22.4 Å². The minimum Gasteiger partial charge on any atom is -0.325 e. The largest absolute Gasteiger partial charge is 0.325 e. The first-order chi connectivity index (χ1) is 12.9. The summed E-state index contributed by atoms with van der Waals surface area (Å²) in [6, 6.07) is 13.5. The number of halogens is 2. The number of para-hydroxylation sites is 1. The molecule has 0 spiro atoms. The van der Waals surface area contributed by atoms with Crippen LogP contribution in [0.5, 0.6) is 0 Å². The van der Waals surface area contributed by atoms with Crippen molar-refractivity contribution in [3.63, 3.8) is 0 Å². The first-order valence-electron chi connectivity index (χ1n) is 8.39. The highest BCUT2D eigenvalue weighted by Gasteiger charge is 2.29. The summed E-state index contributed by atoms with van der Waals surface area (Å²) in [5, 5.41) is 3.34. The maximum Gasteiger partial charge on any atom is 0.243 e. The molecule has 0 radical (unpaired) electrons. The monoisotopic (exact) mass is 427 g/mol. The Bertz CT molecular complexity index is 915. The molecule has 9 heteroatoms. The Balaban J connectivity index is 1.56. The minimum atomic E-state index is -3.64. The maximum absolute atomic E-state index is 12.7. The Morgan fingerprint density at radius 1 is 0.963 bits per heavy atom. The number of nitrogens with zero attached hydrogens (tertiary/aromatic N) is 2. The van der Waals surface area contributed by atoms with E-state index in [1.807, 2.05) is 35.2 Å². The van der Waals surface area contributed by atoms with Crippen molar-refractivity contribution in [1.82, 2.24) is 9.21 Å². The fraction of sp³-hybridized carbons (Fsp3) is 0.278. The number of carbonyl (C=O) groups excluding carboxylic acids is 1. The molecule has 0 saturated carbocycles. The first kappa shape index (κ1) is 20.1. The molecule has 1 saturated heterocycles. The van der Waals surface area contributed by atoms with Gasteiger partial charge in [0.25, 0.3) is 0 Å². The van der Waals surface area contributed by atoms with Crippen molar-refractivity contribution in [2.75, 3.05) is 38.0 Å². The molecular weight excluding hydrogens is 409 g/mol. The Kier molecular flexibility index (Phi) is 6.39. The van der Waals surface area contributed by atoms with Crippen LogP contribution >= 0.6 is 23.2 Å². The molecule has 1 amide bonds. The van der Waals surface area contributed by atoms with Gasteiger partial charge in [0.2, 0.25) is 15.9 Å². The van der Waals surface area contributed by atoms with Crippen molar-refractivity contribution in [2.24, 2.45) is 0 Å². The van der Waals surface area contributed by atoms with Crippen LogP contribution in [-0.4, -0.2) is 56.3 Å². The van der Waals surface area contributed by atoms with Crippen LogP contribution in [0.1, 0.15) is 0 Å². The molecule has 0 aromatic heterocycles. The van der Waals surface area contributed by atoms with Crippen LogP contribution in [0.25, 0.3) is 0 Å². The number of nitrogens with one attached hydrogen (secondary N) is 1. The van der Waals surface area contributed by atoms with Crippen molar-refractivity contribution in [1.29, 1.82) is 0 Å². The van der Waals surface area contributed by atoms with Crippen molar-refractivity contribution < 1.29 is 13.2 Å². The highest BCUT2D eigenvalue weighted by atomic mass is 35.5. The molecule has 0 bridgehead atoms. The molecule has 0 aliphatic carbocycles. The van der Waals surface area contributed by atoms with Gasteiger partial charge in [0, 0.05) is 31.9 Å². The van der Waals surface area contributed by atoms with E-state index in [1.54, 1.807) is 0 Å². The molecule has 144 valence electrons. The molecule has 3 rings (SSSR count). The highest BCUT2D eigenvalue weighted by molar-refractivity contribution is 7.89. The van der Waals surface area contributed by atoms with Crippen LogP contribution in [-0.2, 0) is 14.8 Å². The third-order valence-electron chi connectivity index (χ3n) is 4.28. The second-order valence-corrected chi connectivity index (χ2v) is 8.92. The minimum absolute atomic E-state index is 0.118. The number of sulfonamides is 1. The van der Waals surface area contributed by atoms with Crippen molar-refractivity contribution >= 4 is 44.8 Å². The fourth-order valence-corrected chi connectivity index (χ4v) is 4.65. The van der Waals surface area contributed by atoms with E-state index < -0.39 is 10.0 Å². The summed E-state index contributed by atoms with van der Waals surface area (Å²) in [4.78, 5) is 14.2. The molecule has 1 aliphatic heterocycles. The van der Waals surface area contributed by atoms with E-state index in [0.29, 0.717) is 31.2 Å². The van der Waals surface area contributed by atoms with Crippen LogP contribution in [0.4, 0.5) is 5.69 Å². The highest BCUT2D eigenvalue weighted by Crippen LogP contribution is 2.27. The quantitative estimate of drug-likeness (QED) is 0.795. The van der Waals surface area contributed by atoms with Crippen LogP contribution in [0.3, 0.4) is 0 Å². The molecule has 27 heavy (non-hydrogen) atoms. The molecule has 2 aromatic rings. The number of amides is 1. The first-order valence-corrected chi connectivity index (χ1v) is 10.6. The Morgan fingerprint density at radius 2 is 1.63 bits per heavy atom. The molecule has 1 N–H and O–H groups in total. The van der Waals surface area contributed by atoms with Gasteiger partial charge in [-0.2, -0.15) is 4.31 Å². The number of rotatable bonds is 5. The lowest BCUT2D eigenvalue weighted by Gasteiger charge is -2.33. The fourth-order valence-electron chi connectivity index (χ4n) is 2.84. The zero-order valence-corrected chi connectivity index (χ0v) is 16.8. The average molecular weight is 428 g/mol. The van der Waals surface area contributed by atoms with Gasteiger partial charge < -0.3 is 5.32 Å². The molecule has 6 nitrogen and oxygen atoms in total. The summed E-state index contributed by atoms with van der Waals surface area (Å²) in [5.74, 6) is -0.123. The van der Waals surface area contributed by atoms with E-state index in [4.69, 9.17) is 23.2 Å². The number of hydrogen-bond acceptors (Lipinski definition) is 4. The van der Waals surface area contributed by atoms with Crippen molar-refractivity contribution in [3.8, 4) is 0 Å². The predicted molar refractivity (Wildman–Crippen MR) is 107 cm³/mol. The number of benzene rings is 2. The molecule has 1 heterocycles. The molecule has 0 atom stereocenters. The zero-order valence-electron chi connectivity index (χ0n) is 14.4. The average Bonchev–Trinajstić information content (AvgIpc) is 2.65. The summed E-state index contributed by atoms with van der Waals surface area (Å²) < 4.78 is 26.9. The van der Waals surface area contributed by atoms with Crippen LogP contribution < -0.4 is 5.32 Å². The summed E-state index contributed by atoms with van der Waals surface area (Å²) >= 11 is 11.8. The Morgan fingerprint density at radius 3 is 2.26 bits per heavy atom. The van der Waals surface area contributed by atoms with E-state index >= 15 is 0 Å². The van der Waals surface area contributed by atoms with Crippen molar-refractivity contribution in [3.05, 3.63) is 58.6 Å². The van der Waals surface area contributed by atoms with Crippen LogP contribution in [0.15, 0.2) is 53.4 Å². The summed E-state index contributed by atoms with van der Waals surface area (Å²) in [6.45, 7) is 1.78. The van der Waals surface area contributed by atoms with Crippen molar-refractivity contribution in [2.45, 2.75) is 4.90 Å². The molecule has 1 aliphatic rings. The zero-order chi connectivity index (χ0) is 19.4. The summed E-state index contributed by atoms with van der Waals surface area (Å²) in [5.41, 5.74) is 0.739. The molecule has 2 aromatic carbocycles. The lowest BCUT2D eigenvalue weighted by atomic mass is 10.3. The van der Waals surface area contributed by atoms with Gasteiger partial charge >= 0.3 is 0 Å². The number of piperazine rings is 1. The third kappa shape index (κ3) is 5.00. The van der Waals surface area contributed by atoms with E-state index in [1.165, 1.54) is 22.5 Å². The number of hydrogen-bond donors (Lipinski definition) is 1. The van der Waals surface area contributed by atoms with Gasteiger partial charge in [-0.3, -0.25) is 9.69 Å². The lowest BCUT2D eigenvalue weighted by molar-refractivity contribution is -0.117. The van der Waals surface area contributed by atoms with Gasteiger partial charge in [-0.15, -0.1) is 0 Å². The number of carbonyl (C=O) groups is 1. The lowest BCUT2D eigenvalue weighted by Crippen LogP contribution is -2.50.